The maximum atomic E-state index is 12.9. The van der Waals surface area contributed by atoms with Crippen LogP contribution in [0.3, 0.4) is 0 Å². The SMILES string of the molecule is O=C(NCc1ccc(Cc2ccccc2Cl)s1)[C@H](O)[C@@H](O)C(=O)N1CCCC1c1cccnc1. The molecule has 0 saturated carbocycles. The van der Waals surface area contributed by atoms with E-state index in [1.165, 1.54) is 16.2 Å². The average Bonchev–Trinajstić information content (AvgIpc) is 3.53. The summed E-state index contributed by atoms with van der Waals surface area (Å²) in [4.78, 5) is 32.9. The van der Waals surface area contributed by atoms with Gasteiger partial charge in [0.15, 0.2) is 12.2 Å². The number of thiophene rings is 1. The van der Waals surface area contributed by atoms with Gasteiger partial charge in [-0.2, -0.15) is 0 Å². The summed E-state index contributed by atoms with van der Waals surface area (Å²) in [5.41, 5.74) is 1.88. The zero-order valence-corrected chi connectivity index (χ0v) is 20.0. The average molecular weight is 500 g/mol. The highest BCUT2D eigenvalue weighted by atomic mass is 35.5. The number of aliphatic hydroxyl groups is 2. The zero-order valence-electron chi connectivity index (χ0n) is 18.4. The van der Waals surface area contributed by atoms with E-state index in [2.05, 4.69) is 10.3 Å². The molecule has 1 saturated heterocycles. The van der Waals surface area contributed by atoms with E-state index in [9.17, 15) is 19.8 Å². The number of aliphatic hydroxyl groups excluding tert-OH is 2. The third-order valence-electron chi connectivity index (χ3n) is 5.90. The lowest BCUT2D eigenvalue weighted by molar-refractivity contribution is -0.153. The van der Waals surface area contributed by atoms with Crippen LogP contribution in [0.15, 0.2) is 60.9 Å². The van der Waals surface area contributed by atoms with Gasteiger partial charge in [0.1, 0.15) is 0 Å². The van der Waals surface area contributed by atoms with Crippen LogP contribution in [0.2, 0.25) is 5.02 Å². The second-order valence-electron chi connectivity index (χ2n) is 8.22. The smallest absolute Gasteiger partial charge is 0.255 e. The van der Waals surface area contributed by atoms with Crippen LogP contribution in [0.25, 0.3) is 0 Å². The van der Waals surface area contributed by atoms with Crippen LogP contribution in [-0.2, 0) is 22.6 Å². The Morgan fingerprint density at radius 2 is 1.91 bits per heavy atom. The van der Waals surface area contributed by atoms with E-state index in [4.69, 9.17) is 11.6 Å². The predicted octanol–water partition coefficient (Wildman–Crippen LogP) is 3.09. The van der Waals surface area contributed by atoms with E-state index < -0.39 is 24.0 Å². The monoisotopic (exact) mass is 499 g/mol. The van der Waals surface area contributed by atoms with Gasteiger partial charge in [-0.15, -0.1) is 11.3 Å². The van der Waals surface area contributed by atoms with Crippen molar-refractivity contribution < 1.29 is 19.8 Å². The summed E-state index contributed by atoms with van der Waals surface area (Å²) < 4.78 is 0. The van der Waals surface area contributed by atoms with Gasteiger partial charge in [-0.25, -0.2) is 0 Å². The number of benzene rings is 1. The molecule has 1 fully saturated rings. The van der Waals surface area contributed by atoms with Crippen molar-refractivity contribution in [2.75, 3.05) is 6.54 Å². The molecule has 7 nitrogen and oxygen atoms in total. The molecule has 2 amide bonds. The fourth-order valence-corrected chi connectivity index (χ4v) is 5.30. The highest BCUT2D eigenvalue weighted by Crippen LogP contribution is 2.32. The number of pyridine rings is 1. The molecule has 1 aliphatic rings. The molecule has 1 aromatic carbocycles. The Bertz CT molecular complexity index is 1140. The molecule has 0 radical (unpaired) electrons. The fraction of sp³-hybridized carbons (Fsp3) is 0.320. The second kappa shape index (κ2) is 11.1. The first kappa shape index (κ1) is 24.3. The van der Waals surface area contributed by atoms with Gasteiger partial charge < -0.3 is 20.4 Å². The Labute approximate surface area is 207 Å². The minimum absolute atomic E-state index is 0.187. The fourth-order valence-electron chi connectivity index (χ4n) is 4.12. The normalized spacial score (nSPS) is 17.4. The van der Waals surface area contributed by atoms with E-state index in [0.29, 0.717) is 18.0 Å². The van der Waals surface area contributed by atoms with E-state index in [1.807, 2.05) is 42.5 Å². The van der Waals surface area contributed by atoms with E-state index in [1.54, 1.807) is 18.5 Å². The molecule has 3 N–H and O–H groups in total. The van der Waals surface area contributed by atoms with E-state index in [0.717, 1.165) is 33.7 Å². The van der Waals surface area contributed by atoms with Crippen molar-refractivity contribution in [3.05, 3.63) is 86.8 Å². The summed E-state index contributed by atoms with van der Waals surface area (Å²) in [5, 5.41) is 24.1. The van der Waals surface area contributed by atoms with Crippen LogP contribution < -0.4 is 5.32 Å². The number of nitrogens with zero attached hydrogens (tertiary/aromatic N) is 2. The van der Waals surface area contributed by atoms with Gasteiger partial charge >= 0.3 is 0 Å². The maximum absolute atomic E-state index is 12.9. The van der Waals surface area contributed by atoms with Crippen LogP contribution in [0.1, 0.15) is 39.8 Å². The van der Waals surface area contributed by atoms with Gasteiger partial charge in [-0.05, 0) is 48.2 Å². The van der Waals surface area contributed by atoms with Gasteiger partial charge in [0.25, 0.3) is 11.8 Å². The molecule has 1 aliphatic heterocycles. The molecule has 3 aromatic rings. The Morgan fingerprint density at radius 1 is 1.12 bits per heavy atom. The molecule has 9 heteroatoms. The number of halogens is 1. The molecular formula is C25H26ClN3O4S. The highest BCUT2D eigenvalue weighted by molar-refractivity contribution is 7.12. The summed E-state index contributed by atoms with van der Waals surface area (Å²) in [6, 6.07) is 14.9. The van der Waals surface area contributed by atoms with Gasteiger partial charge in [-0.3, -0.25) is 14.6 Å². The Hall–Kier alpha value is -2.78. The molecule has 1 unspecified atom stereocenters. The summed E-state index contributed by atoms with van der Waals surface area (Å²) in [5.74, 6) is -1.45. The van der Waals surface area contributed by atoms with Crippen molar-refractivity contribution in [1.82, 2.24) is 15.2 Å². The number of rotatable bonds is 8. The highest BCUT2D eigenvalue weighted by Gasteiger charge is 2.38. The predicted molar refractivity (Wildman–Crippen MR) is 130 cm³/mol. The number of hydrogen-bond donors (Lipinski definition) is 3. The van der Waals surface area contributed by atoms with Crippen molar-refractivity contribution in [3.8, 4) is 0 Å². The van der Waals surface area contributed by atoms with Gasteiger partial charge in [0, 0.05) is 40.1 Å². The molecule has 0 spiro atoms. The lowest BCUT2D eigenvalue weighted by Gasteiger charge is -2.28. The first-order chi connectivity index (χ1) is 16.4. The summed E-state index contributed by atoms with van der Waals surface area (Å²) in [7, 11) is 0. The lowest BCUT2D eigenvalue weighted by Crippen LogP contribution is -2.50. The number of hydrogen-bond acceptors (Lipinski definition) is 6. The van der Waals surface area contributed by atoms with E-state index in [-0.39, 0.29) is 12.6 Å². The maximum Gasteiger partial charge on any atom is 0.255 e. The quantitative estimate of drug-likeness (QED) is 0.442. The molecule has 34 heavy (non-hydrogen) atoms. The Kier molecular flexibility index (Phi) is 7.95. The lowest BCUT2D eigenvalue weighted by atomic mass is 10.1. The first-order valence-electron chi connectivity index (χ1n) is 11.1. The number of aromatic nitrogens is 1. The summed E-state index contributed by atoms with van der Waals surface area (Å²) in [6.45, 7) is 0.638. The van der Waals surface area contributed by atoms with Crippen molar-refractivity contribution in [2.24, 2.45) is 0 Å². The number of carbonyl (C=O) groups is 2. The molecule has 3 heterocycles. The molecule has 3 atom stereocenters. The third kappa shape index (κ3) is 5.64. The van der Waals surface area contributed by atoms with Crippen LogP contribution in [-0.4, -0.2) is 50.7 Å². The topological polar surface area (TPSA) is 103 Å². The van der Waals surface area contributed by atoms with Crippen LogP contribution in [0, 0.1) is 0 Å². The van der Waals surface area contributed by atoms with Crippen LogP contribution in [0.4, 0.5) is 0 Å². The number of carbonyl (C=O) groups excluding carboxylic acids is 2. The molecule has 2 aromatic heterocycles. The summed E-state index contributed by atoms with van der Waals surface area (Å²) >= 11 is 7.75. The Balaban J connectivity index is 1.31. The van der Waals surface area contributed by atoms with E-state index >= 15 is 0 Å². The molecular weight excluding hydrogens is 474 g/mol. The first-order valence-corrected chi connectivity index (χ1v) is 12.3. The molecule has 178 valence electrons. The van der Waals surface area contributed by atoms with Gasteiger partial charge in [-0.1, -0.05) is 35.9 Å². The van der Waals surface area contributed by atoms with Gasteiger partial charge in [0.05, 0.1) is 12.6 Å². The third-order valence-corrected chi connectivity index (χ3v) is 7.36. The largest absolute Gasteiger partial charge is 0.380 e. The van der Waals surface area contributed by atoms with Crippen LogP contribution in [0.5, 0.6) is 0 Å². The molecule has 4 rings (SSSR count). The Morgan fingerprint density at radius 3 is 2.68 bits per heavy atom. The standard InChI is InChI=1S/C25H26ClN3O4S/c26-20-7-2-1-5-16(20)13-18-9-10-19(34-18)15-28-24(32)22(30)23(31)25(33)29-12-4-8-21(29)17-6-3-11-27-14-17/h1-3,5-7,9-11,14,21-23,30-31H,4,8,12-13,15H2,(H,28,32)/t21?,22-,23-/m1/s1. The van der Waals surface area contributed by atoms with Crippen molar-refractivity contribution in [1.29, 1.82) is 0 Å². The van der Waals surface area contributed by atoms with Crippen LogP contribution >= 0.6 is 22.9 Å². The molecule has 0 bridgehead atoms. The second-order valence-corrected chi connectivity index (χ2v) is 9.88. The minimum Gasteiger partial charge on any atom is -0.380 e. The number of amides is 2. The number of likely N-dealkylation sites (tertiary alicyclic amines) is 1. The van der Waals surface area contributed by atoms with Crippen molar-refractivity contribution >= 4 is 34.8 Å². The zero-order chi connectivity index (χ0) is 24.1. The van der Waals surface area contributed by atoms with Gasteiger partial charge in [0.2, 0.25) is 0 Å². The number of nitrogens with one attached hydrogen (secondary N) is 1. The van der Waals surface area contributed by atoms with Crippen molar-refractivity contribution in [3.63, 3.8) is 0 Å². The minimum atomic E-state index is -1.86. The molecule has 0 aliphatic carbocycles. The van der Waals surface area contributed by atoms with Crippen molar-refractivity contribution in [2.45, 2.75) is 44.1 Å². The summed E-state index contributed by atoms with van der Waals surface area (Å²) in [6.07, 6.45) is 1.84.